The summed E-state index contributed by atoms with van der Waals surface area (Å²) in [5, 5.41) is 5.70. The van der Waals surface area contributed by atoms with E-state index in [9.17, 15) is 26.0 Å². The van der Waals surface area contributed by atoms with Crippen molar-refractivity contribution in [3.05, 3.63) is 48.3 Å². The molecule has 3 rings (SSSR count). The fourth-order valence-electron chi connectivity index (χ4n) is 3.35. The van der Waals surface area contributed by atoms with Gasteiger partial charge in [0.15, 0.2) is 0 Å². The SMILES string of the molecule is O=C(CCS(=O)(=O)O)Nc1cc(N2CCCNCC2)ccc1S(=O)(=O)c1cccc(F)c1. The van der Waals surface area contributed by atoms with Crippen LogP contribution in [0.4, 0.5) is 15.8 Å². The first-order valence-corrected chi connectivity index (χ1v) is 13.0. The summed E-state index contributed by atoms with van der Waals surface area (Å²) in [6.07, 6.45) is 0.315. The van der Waals surface area contributed by atoms with E-state index in [1.54, 1.807) is 6.07 Å². The summed E-state index contributed by atoms with van der Waals surface area (Å²) in [6, 6.07) is 8.98. The standard InChI is InChI=1S/C20H24FN3O6S2/c21-15-3-1-4-17(13-15)32(29,30)19-6-5-16(24-10-2-8-22-9-11-24)14-18(19)23-20(25)7-12-31(26,27)28/h1,3-6,13-14,22H,2,7-12H2,(H,23,25)(H,26,27,28). The van der Waals surface area contributed by atoms with E-state index >= 15 is 0 Å². The predicted molar refractivity (Wildman–Crippen MR) is 118 cm³/mol. The minimum absolute atomic E-state index is 0.0516. The quantitative estimate of drug-likeness (QED) is 0.505. The first-order chi connectivity index (χ1) is 15.1. The zero-order valence-electron chi connectivity index (χ0n) is 17.1. The van der Waals surface area contributed by atoms with E-state index in [1.807, 2.05) is 4.90 Å². The largest absolute Gasteiger partial charge is 0.370 e. The molecule has 0 spiro atoms. The maximum absolute atomic E-state index is 13.7. The molecule has 0 atom stereocenters. The van der Waals surface area contributed by atoms with Gasteiger partial charge >= 0.3 is 0 Å². The van der Waals surface area contributed by atoms with Gasteiger partial charge in [-0.15, -0.1) is 0 Å². The summed E-state index contributed by atoms with van der Waals surface area (Å²) in [7, 11) is -8.55. The molecule has 1 amide bonds. The van der Waals surface area contributed by atoms with Gasteiger partial charge in [-0.25, -0.2) is 12.8 Å². The molecule has 9 nitrogen and oxygen atoms in total. The Hall–Kier alpha value is -2.54. The van der Waals surface area contributed by atoms with Gasteiger partial charge < -0.3 is 15.5 Å². The lowest BCUT2D eigenvalue weighted by molar-refractivity contribution is -0.115. The Bertz CT molecular complexity index is 1190. The van der Waals surface area contributed by atoms with Crippen LogP contribution in [0.15, 0.2) is 52.3 Å². The second-order valence-corrected chi connectivity index (χ2v) is 10.8. The molecule has 2 aromatic carbocycles. The number of hydrogen-bond donors (Lipinski definition) is 3. The Kier molecular flexibility index (Phi) is 7.49. The van der Waals surface area contributed by atoms with Crippen molar-refractivity contribution in [3.63, 3.8) is 0 Å². The van der Waals surface area contributed by atoms with Crippen molar-refractivity contribution in [1.82, 2.24) is 5.32 Å². The van der Waals surface area contributed by atoms with Crippen LogP contribution in [-0.4, -0.2) is 59.2 Å². The van der Waals surface area contributed by atoms with Crippen molar-refractivity contribution in [2.75, 3.05) is 42.1 Å². The van der Waals surface area contributed by atoms with Gasteiger partial charge in [0.1, 0.15) is 5.82 Å². The Morgan fingerprint density at radius 1 is 1.09 bits per heavy atom. The summed E-state index contributed by atoms with van der Waals surface area (Å²) in [5.41, 5.74) is 0.626. The summed E-state index contributed by atoms with van der Waals surface area (Å²) in [4.78, 5) is 13.8. The molecule has 1 saturated heterocycles. The molecule has 0 saturated carbocycles. The normalized spacial score (nSPS) is 15.2. The number of carbonyl (C=O) groups excluding carboxylic acids is 1. The molecule has 32 heavy (non-hydrogen) atoms. The summed E-state index contributed by atoms with van der Waals surface area (Å²) in [6.45, 7) is 2.98. The number of amides is 1. The Labute approximate surface area is 186 Å². The number of rotatable bonds is 7. The molecule has 0 bridgehead atoms. The lowest BCUT2D eigenvalue weighted by atomic mass is 10.2. The van der Waals surface area contributed by atoms with Crippen molar-refractivity contribution in [2.45, 2.75) is 22.6 Å². The molecule has 1 aliphatic rings. The number of benzene rings is 2. The molecule has 0 radical (unpaired) electrons. The van der Waals surface area contributed by atoms with Crippen LogP contribution >= 0.6 is 0 Å². The highest BCUT2D eigenvalue weighted by molar-refractivity contribution is 7.91. The third kappa shape index (κ3) is 6.25. The second-order valence-electron chi connectivity index (χ2n) is 7.32. The zero-order valence-corrected chi connectivity index (χ0v) is 18.8. The molecule has 174 valence electrons. The van der Waals surface area contributed by atoms with Gasteiger partial charge in [0.25, 0.3) is 10.1 Å². The van der Waals surface area contributed by atoms with Crippen molar-refractivity contribution >= 4 is 37.2 Å². The predicted octanol–water partition coefficient (Wildman–Crippen LogP) is 1.67. The smallest absolute Gasteiger partial charge is 0.265 e. The van der Waals surface area contributed by atoms with Crippen LogP contribution in [0.25, 0.3) is 0 Å². The number of nitrogens with one attached hydrogen (secondary N) is 2. The average molecular weight is 486 g/mol. The number of carbonyl (C=O) groups is 1. The second kappa shape index (κ2) is 9.94. The molecular weight excluding hydrogens is 461 g/mol. The van der Waals surface area contributed by atoms with Crippen molar-refractivity contribution in [1.29, 1.82) is 0 Å². The van der Waals surface area contributed by atoms with Gasteiger partial charge in [0.2, 0.25) is 15.7 Å². The van der Waals surface area contributed by atoms with Crippen LogP contribution in [-0.2, 0) is 24.7 Å². The molecule has 1 fully saturated rings. The first kappa shape index (κ1) is 24.1. The molecule has 2 aromatic rings. The van der Waals surface area contributed by atoms with Crippen molar-refractivity contribution in [3.8, 4) is 0 Å². The fourth-order valence-corrected chi connectivity index (χ4v) is 5.22. The Morgan fingerprint density at radius 3 is 2.59 bits per heavy atom. The third-order valence-electron chi connectivity index (χ3n) is 4.93. The van der Waals surface area contributed by atoms with E-state index in [2.05, 4.69) is 10.6 Å². The van der Waals surface area contributed by atoms with E-state index in [-0.39, 0.29) is 15.5 Å². The topological polar surface area (TPSA) is 133 Å². The van der Waals surface area contributed by atoms with E-state index in [4.69, 9.17) is 4.55 Å². The molecule has 12 heteroatoms. The van der Waals surface area contributed by atoms with Crippen LogP contribution in [0, 0.1) is 5.82 Å². The van der Waals surface area contributed by atoms with E-state index in [1.165, 1.54) is 24.3 Å². The summed E-state index contributed by atoms with van der Waals surface area (Å²) < 4.78 is 70.8. The van der Waals surface area contributed by atoms with Crippen LogP contribution < -0.4 is 15.5 Å². The van der Waals surface area contributed by atoms with Crippen molar-refractivity contribution < 1.29 is 30.6 Å². The summed E-state index contributed by atoms with van der Waals surface area (Å²) in [5.74, 6) is -2.31. The van der Waals surface area contributed by atoms with Crippen LogP contribution in [0.5, 0.6) is 0 Å². The fraction of sp³-hybridized carbons (Fsp3) is 0.350. The van der Waals surface area contributed by atoms with Crippen LogP contribution in [0.3, 0.4) is 0 Å². The number of anilines is 2. The maximum atomic E-state index is 13.7. The average Bonchev–Trinajstić information content (AvgIpc) is 3.01. The van der Waals surface area contributed by atoms with E-state index in [0.717, 1.165) is 38.2 Å². The summed E-state index contributed by atoms with van der Waals surface area (Å²) >= 11 is 0. The minimum Gasteiger partial charge on any atom is -0.370 e. The monoisotopic (exact) mass is 485 g/mol. The highest BCUT2D eigenvalue weighted by Gasteiger charge is 2.24. The third-order valence-corrected chi connectivity index (χ3v) is 7.46. The number of sulfone groups is 1. The number of halogens is 1. The molecule has 1 aliphatic heterocycles. The maximum Gasteiger partial charge on any atom is 0.265 e. The number of nitrogens with zero attached hydrogens (tertiary/aromatic N) is 1. The van der Waals surface area contributed by atoms with E-state index in [0.29, 0.717) is 12.2 Å². The molecule has 0 aromatic heterocycles. The Balaban J connectivity index is 2.00. The zero-order chi connectivity index (χ0) is 23.4. The highest BCUT2D eigenvalue weighted by atomic mass is 32.2. The number of hydrogen-bond acceptors (Lipinski definition) is 7. The van der Waals surface area contributed by atoms with E-state index < -0.39 is 43.9 Å². The Morgan fingerprint density at radius 2 is 1.88 bits per heavy atom. The molecule has 0 aliphatic carbocycles. The molecular formula is C20H24FN3O6S2. The van der Waals surface area contributed by atoms with Gasteiger partial charge in [0, 0.05) is 31.7 Å². The molecule has 0 unspecified atom stereocenters. The van der Waals surface area contributed by atoms with Gasteiger partial charge in [-0.05, 0) is 49.4 Å². The van der Waals surface area contributed by atoms with Gasteiger partial charge in [-0.3, -0.25) is 9.35 Å². The van der Waals surface area contributed by atoms with Crippen LogP contribution in [0.1, 0.15) is 12.8 Å². The van der Waals surface area contributed by atoms with Gasteiger partial charge in [-0.2, -0.15) is 8.42 Å². The van der Waals surface area contributed by atoms with Gasteiger partial charge in [-0.1, -0.05) is 6.07 Å². The van der Waals surface area contributed by atoms with Crippen LogP contribution in [0.2, 0.25) is 0 Å². The molecule has 3 N–H and O–H groups in total. The van der Waals surface area contributed by atoms with Gasteiger partial charge in [0.05, 0.1) is 21.2 Å². The lowest BCUT2D eigenvalue weighted by Crippen LogP contribution is -2.28. The first-order valence-electron chi connectivity index (χ1n) is 9.92. The van der Waals surface area contributed by atoms with Crippen molar-refractivity contribution in [2.24, 2.45) is 0 Å². The lowest BCUT2D eigenvalue weighted by Gasteiger charge is -2.24. The highest BCUT2D eigenvalue weighted by Crippen LogP contribution is 2.32. The molecule has 1 heterocycles. The minimum atomic E-state index is -4.36.